The average molecular weight is 875 g/mol. The zero-order valence-corrected chi connectivity index (χ0v) is 36.0. The average Bonchev–Trinajstić information content (AvgIpc) is 4.19. The SMILES string of the molecule is COC(=O)N[C@@H](C(=O)N1CCC[C@H]1c1nc2c(ccc3cc(-c4ccc5cc(-c6cnc([C@@H]7CCCN7C(=O)[C@@H](NC(=O)O)C7CCOCC7)[nH]6)ccc5c4)ccc32)[nH]1)c1ccccc1. The van der Waals surface area contributed by atoms with Crippen LogP contribution in [0, 0.1) is 5.92 Å². The molecule has 3 fully saturated rings. The molecule has 5 heterocycles. The molecule has 15 heteroatoms. The second-order valence-corrected chi connectivity index (χ2v) is 17.2. The second-order valence-electron chi connectivity index (χ2n) is 17.2. The summed E-state index contributed by atoms with van der Waals surface area (Å²) in [6.07, 6.45) is 4.30. The number of benzene rings is 5. The molecule has 15 nitrogen and oxygen atoms in total. The highest BCUT2D eigenvalue weighted by atomic mass is 16.5. The molecule has 5 aromatic carbocycles. The molecule has 0 aliphatic carbocycles. The molecule has 5 N–H and O–H groups in total. The molecule has 4 atom stereocenters. The molecule has 10 rings (SSSR count). The number of nitrogens with zero attached hydrogens (tertiary/aromatic N) is 4. The number of amides is 4. The van der Waals surface area contributed by atoms with Crippen LogP contribution in [-0.2, 0) is 19.1 Å². The molecular weight excluding hydrogens is 825 g/mol. The summed E-state index contributed by atoms with van der Waals surface area (Å²) in [5, 5.41) is 19.0. The zero-order valence-electron chi connectivity index (χ0n) is 36.0. The van der Waals surface area contributed by atoms with Gasteiger partial charge in [0.1, 0.15) is 23.7 Å². The largest absolute Gasteiger partial charge is 0.465 e. The fourth-order valence-electron chi connectivity index (χ4n) is 10.1. The number of likely N-dealkylation sites (tertiary alicyclic amines) is 2. The van der Waals surface area contributed by atoms with E-state index in [0.717, 1.165) is 80.6 Å². The van der Waals surface area contributed by atoms with Crippen LogP contribution in [0.3, 0.4) is 0 Å². The van der Waals surface area contributed by atoms with E-state index < -0.39 is 24.3 Å². The van der Waals surface area contributed by atoms with Gasteiger partial charge in [0.05, 0.1) is 42.1 Å². The third kappa shape index (κ3) is 8.23. The van der Waals surface area contributed by atoms with Gasteiger partial charge in [0.25, 0.3) is 5.91 Å². The monoisotopic (exact) mass is 874 g/mol. The number of fused-ring (bicyclic) bond motifs is 4. The lowest BCUT2D eigenvalue weighted by atomic mass is 9.90. The normalized spacial score (nSPS) is 18.8. The third-order valence-corrected chi connectivity index (χ3v) is 13.4. The van der Waals surface area contributed by atoms with Crippen molar-refractivity contribution in [3.8, 4) is 22.4 Å². The minimum atomic E-state index is -1.20. The Morgan fingerprint density at radius 1 is 0.738 bits per heavy atom. The number of methoxy groups -OCH3 is 1. The molecule has 0 spiro atoms. The Balaban J connectivity index is 0.860. The number of carbonyl (C=O) groups is 4. The van der Waals surface area contributed by atoms with Gasteiger partial charge in [-0.2, -0.15) is 0 Å². The minimum absolute atomic E-state index is 0.114. The molecule has 0 bridgehead atoms. The van der Waals surface area contributed by atoms with Crippen LogP contribution in [0.5, 0.6) is 0 Å². The Morgan fingerprint density at radius 2 is 1.38 bits per heavy atom. The number of carbonyl (C=O) groups excluding carboxylic acids is 3. The van der Waals surface area contributed by atoms with Crippen molar-refractivity contribution in [2.24, 2.45) is 5.92 Å². The summed E-state index contributed by atoms with van der Waals surface area (Å²) in [6.45, 7) is 2.12. The van der Waals surface area contributed by atoms with E-state index in [2.05, 4.69) is 81.3 Å². The summed E-state index contributed by atoms with van der Waals surface area (Å²) in [7, 11) is 1.28. The van der Waals surface area contributed by atoms with Gasteiger partial charge in [-0.1, -0.05) is 72.8 Å². The van der Waals surface area contributed by atoms with E-state index in [1.54, 1.807) is 11.1 Å². The number of imidazole rings is 2. The van der Waals surface area contributed by atoms with Crippen LogP contribution in [0.15, 0.2) is 103 Å². The molecule has 0 saturated carbocycles. The van der Waals surface area contributed by atoms with Crippen molar-refractivity contribution in [1.82, 2.24) is 40.4 Å². The quantitative estimate of drug-likeness (QED) is 0.0897. The van der Waals surface area contributed by atoms with Crippen LogP contribution in [0.25, 0.3) is 55.0 Å². The number of alkyl carbamates (subject to hydrolysis) is 1. The molecule has 3 aliphatic heterocycles. The Bertz CT molecular complexity index is 2930. The lowest BCUT2D eigenvalue weighted by Crippen LogP contribution is -2.52. The van der Waals surface area contributed by atoms with Crippen molar-refractivity contribution in [3.63, 3.8) is 0 Å². The van der Waals surface area contributed by atoms with Crippen molar-refractivity contribution >= 4 is 56.6 Å². The zero-order chi connectivity index (χ0) is 44.6. The fourth-order valence-corrected chi connectivity index (χ4v) is 10.1. The summed E-state index contributed by atoms with van der Waals surface area (Å²) in [5.74, 6) is 0.878. The highest BCUT2D eigenvalue weighted by Gasteiger charge is 2.40. The smallest absolute Gasteiger partial charge is 0.407 e. The Labute approximate surface area is 374 Å². The van der Waals surface area contributed by atoms with Crippen molar-refractivity contribution in [2.75, 3.05) is 33.4 Å². The van der Waals surface area contributed by atoms with E-state index >= 15 is 0 Å². The van der Waals surface area contributed by atoms with E-state index in [1.807, 2.05) is 41.3 Å². The summed E-state index contributed by atoms with van der Waals surface area (Å²) in [4.78, 5) is 72.4. The van der Waals surface area contributed by atoms with Crippen LogP contribution < -0.4 is 10.6 Å². The summed E-state index contributed by atoms with van der Waals surface area (Å²) in [5.41, 5.74) is 6.37. The van der Waals surface area contributed by atoms with Crippen molar-refractivity contribution in [2.45, 2.75) is 62.7 Å². The van der Waals surface area contributed by atoms with Crippen LogP contribution >= 0.6 is 0 Å². The maximum atomic E-state index is 14.1. The van der Waals surface area contributed by atoms with E-state index in [0.29, 0.717) is 56.4 Å². The van der Waals surface area contributed by atoms with Crippen LogP contribution in [0.4, 0.5) is 9.59 Å². The number of nitrogens with one attached hydrogen (secondary N) is 4. The molecule has 0 radical (unpaired) electrons. The number of rotatable bonds is 10. The van der Waals surface area contributed by atoms with E-state index in [9.17, 15) is 24.3 Å². The minimum Gasteiger partial charge on any atom is -0.465 e. The van der Waals surface area contributed by atoms with E-state index in [-0.39, 0.29) is 29.8 Å². The summed E-state index contributed by atoms with van der Waals surface area (Å²) in [6, 6.07) is 30.2. The van der Waals surface area contributed by atoms with E-state index in [1.165, 1.54) is 7.11 Å². The summed E-state index contributed by atoms with van der Waals surface area (Å²) < 4.78 is 10.3. The van der Waals surface area contributed by atoms with Gasteiger partial charge >= 0.3 is 12.2 Å². The van der Waals surface area contributed by atoms with Crippen LogP contribution in [0.1, 0.15) is 73.9 Å². The van der Waals surface area contributed by atoms with Gasteiger partial charge in [0.2, 0.25) is 5.91 Å². The van der Waals surface area contributed by atoms with Gasteiger partial charge in [-0.25, -0.2) is 19.6 Å². The van der Waals surface area contributed by atoms with Gasteiger partial charge in [0.15, 0.2) is 0 Å². The molecule has 3 saturated heterocycles. The van der Waals surface area contributed by atoms with Crippen molar-refractivity contribution in [3.05, 3.63) is 120 Å². The predicted molar refractivity (Wildman–Crippen MR) is 245 cm³/mol. The van der Waals surface area contributed by atoms with Gasteiger partial charge in [-0.05, 0) is 102 Å². The highest BCUT2D eigenvalue weighted by Crippen LogP contribution is 2.38. The molecule has 0 unspecified atom stereocenters. The van der Waals surface area contributed by atoms with Crippen molar-refractivity contribution in [1.29, 1.82) is 0 Å². The molecule has 4 amide bonds. The fraction of sp³-hybridized carbons (Fsp3) is 0.320. The summed E-state index contributed by atoms with van der Waals surface area (Å²) >= 11 is 0. The molecule has 3 aliphatic rings. The number of hydrogen-bond donors (Lipinski definition) is 5. The number of carboxylic acid groups (broad SMARTS) is 1. The maximum Gasteiger partial charge on any atom is 0.407 e. The Morgan fingerprint density at radius 3 is 2.11 bits per heavy atom. The molecule has 7 aromatic rings. The van der Waals surface area contributed by atoms with Crippen molar-refractivity contribution < 1.29 is 33.8 Å². The number of H-pyrrole nitrogens is 2. The van der Waals surface area contributed by atoms with Gasteiger partial charge in [-0.15, -0.1) is 0 Å². The molecule has 332 valence electrons. The van der Waals surface area contributed by atoms with E-state index in [4.69, 9.17) is 19.4 Å². The standard InChI is InChI=1S/C50H50N8O7/c1-64-50(63)56-43(29-7-3-2-4-8-29)48(60)58-22-6-10-41(58)46-52-38-18-16-35-26-34(15-17-37(35)44(38)54-46)31-11-12-33-27-36(14-13-32(33)25-31)39-28-51-45(53-39)40-9-5-21-57(40)47(59)42(55-49(61)62)30-19-23-65-24-20-30/h2-4,7-8,11-18,25-28,30,40-43,55H,5-6,9-10,19-24H2,1H3,(H,51,53)(H,52,54)(H,56,63)(H,61,62)/t40-,41-,42-,43+/m0/s1. The highest BCUT2D eigenvalue weighted by molar-refractivity contribution is 6.06. The first-order chi connectivity index (χ1) is 31.7. The molecule has 2 aromatic heterocycles. The first kappa shape index (κ1) is 41.7. The lowest BCUT2D eigenvalue weighted by molar-refractivity contribution is -0.137. The number of aromatic amines is 2. The van der Waals surface area contributed by atoms with Gasteiger partial charge in [-0.3, -0.25) is 9.59 Å². The second kappa shape index (κ2) is 17.7. The first-order valence-corrected chi connectivity index (χ1v) is 22.3. The predicted octanol–water partition coefficient (Wildman–Crippen LogP) is 8.41. The van der Waals surface area contributed by atoms with Crippen LogP contribution in [0.2, 0.25) is 0 Å². The number of ether oxygens (including phenoxy) is 2. The first-order valence-electron chi connectivity index (χ1n) is 22.3. The maximum absolute atomic E-state index is 14.1. The number of hydrogen-bond acceptors (Lipinski definition) is 8. The van der Waals surface area contributed by atoms with Gasteiger partial charge in [0, 0.05) is 37.3 Å². The molecule has 65 heavy (non-hydrogen) atoms. The van der Waals surface area contributed by atoms with Crippen LogP contribution in [-0.4, -0.2) is 98.3 Å². The Hall–Kier alpha value is -7.26. The third-order valence-electron chi connectivity index (χ3n) is 13.4. The Kier molecular flexibility index (Phi) is 11.4. The topological polar surface area (TPSA) is 195 Å². The molecular formula is C50H50N8O7. The number of aromatic nitrogens is 4. The lowest BCUT2D eigenvalue weighted by Gasteiger charge is -2.33. The van der Waals surface area contributed by atoms with Gasteiger partial charge < -0.3 is 45.0 Å².